The number of amides is 2. The molecule has 2 aliphatic rings. The summed E-state index contributed by atoms with van der Waals surface area (Å²) in [5.41, 5.74) is 5.09. The molecule has 2 amide bonds. The Balaban J connectivity index is 0.974. The molecule has 0 spiro atoms. The first kappa shape index (κ1) is 28.7. The number of rotatable bonds is 8. The molecule has 2 aliphatic heterocycles. The minimum atomic E-state index is -0.0446. The van der Waals surface area contributed by atoms with Crippen LogP contribution in [0.25, 0.3) is 0 Å². The van der Waals surface area contributed by atoms with Crippen molar-refractivity contribution in [3.63, 3.8) is 0 Å². The lowest BCUT2D eigenvalue weighted by Crippen LogP contribution is -2.48. The summed E-state index contributed by atoms with van der Waals surface area (Å²) in [7, 11) is 0. The first-order valence-electron chi connectivity index (χ1n) is 15.1. The van der Waals surface area contributed by atoms with E-state index in [1.54, 1.807) is 12.1 Å². The maximum Gasteiger partial charge on any atom is 0.289 e. The Bertz CT molecular complexity index is 1550. The van der Waals surface area contributed by atoms with Crippen molar-refractivity contribution in [1.82, 2.24) is 24.5 Å². The number of aromatic nitrogens is 2. The highest BCUT2D eigenvalue weighted by atomic mass is 16.5. The Morgan fingerprint density at radius 2 is 1.53 bits per heavy atom. The van der Waals surface area contributed by atoms with Crippen LogP contribution >= 0.6 is 0 Å². The van der Waals surface area contributed by atoms with Crippen molar-refractivity contribution in [2.24, 2.45) is 0 Å². The van der Waals surface area contributed by atoms with Gasteiger partial charge in [0.1, 0.15) is 11.9 Å². The summed E-state index contributed by atoms with van der Waals surface area (Å²) in [6, 6.07) is 21.7. The molecule has 0 atom stereocenters. The number of hydrogen-bond acceptors (Lipinski definition) is 6. The van der Waals surface area contributed by atoms with Crippen LogP contribution < -0.4 is 4.74 Å². The number of carbonyl (C=O) groups excluding carboxylic acids is 2. The van der Waals surface area contributed by atoms with Crippen molar-refractivity contribution in [2.75, 3.05) is 39.3 Å². The van der Waals surface area contributed by atoms with Gasteiger partial charge in [-0.25, -0.2) is 0 Å². The van der Waals surface area contributed by atoms with Crippen LogP contribution in [0, 0.1) is 13.8 Å². The number of benzene rings is 2. The third-order valence-corrected chi connectivity index (χ3v) is 8.34. The minimum absolute atomic E-state index is 0.0446. The van der Waals surface area contributed by atoms with Gasteiger partial charge in [-0.2, -0.15) is 5.10 Å². The number of carbonyl (C=O) groups is 2. The van der Waals surface area contributed by atoms with E-state index in [1.165, 1.54) is 11.8 Å². The zero-order valence-electron chi connectivity index (χ0n) is 24.9. The van der Waals surface area contributed by atoms with E-state index >= 15 is 0 Å². The highest BCUT2D eigenvalue weighted by molar-refractivity contribution is 5.94. The molecule has 0 unspecified atom stereocenters. The Morgan fingerprint density at radius 1 is 0.814 bits per heavy atom. The molecular formula is C34H39N5O4. The SMILES string of the molecule is Cc1cc(C)n(Cc2cccc(C(=O)N3CCC(Oc4cccc(CN5CCN(C(=O)c6ccco6)CC5)c4)CC3)c2)n1. The number of piperazine rings is 1. The van der Waals surface area contributed by atoms with Crippen LogP contribution in [0.1, 0.15) is 56.3 Å². The van der Waals surface area contributed by atoms with E-state index in [-0.39, 0.29) is 17.9 Å². The van der Waals surface area contributed by atoms with E-state index in [4.69, 9.17) is 9.15 Å². The summed E-state index contributed by atoms with van der Waals surface area (Å²) >= 11 is 0. The summed E-state index contributed by atoms with van der Waals surface area (Å²) in [6.45, 7) is 9.84. The number of ether oxygens (including phenoxy) is 1. The number of piperidine rings is 1. The molecule has 2 fully saturated rings. The Kier molecular flexibility index (Phi) is 8.60. The second kappa shape index (κ2) is 12.9. The van der Waals surface area contributed by atoms with Crippen LogP contribution in [0.4, 0.5) is 0 Å². The predicted octanol–water partition coefficient (Wildman–Crippen LogP) is 4.78. The molecule has 224 valence electrons. The van der Waals surface area contributed by atoms with Gasteiger partial charge in [0.2, 0.25) is 0 Å². The average molecular weight is 582 g/mol. The lowest BCUT2D eigenvalue weighted by molar-refractivity contribution is 0.0594. The van der Waals surface area contributed by atoms with Gasteiger partial charge in [0.15, 0.2) is 5.76 Å². The highest BCUT2D eigenvalue weighted by Crippen LogP contribution is 2.23. The first-order chi connectivity index (χ1) is 20.9. The second-order valence-corrected chi connectivity index (χ2v) is 11.6. The second-order valence-electron chi connectivity index (χ2n) is 11.6. The molecule has 2 aromatic heterocycles. The van der Waals surface area contributed by atoms with Gasteiger partial charge < -0.3 is 19.0 Å². The molecule has 0 saturated carbocycles. The van der Waals surface area contributed by atoms with Crippen LogP contribution in [0.5, 0.6) is 5.75 Å². The Morgan fingerprint density at radius 3 is 2.23 bits per heavy atom. The number of aryl methyl sites for hydroxylation is 2. The minimum Gasteiger partial charge on any atom is -0.490 e. The average Bonchev–Trinajstić information content (AvgIpc) is 3.67. The first-order valence-corrected chi connectivity index (χ1v) is 15.1. The summed E-state index contributed by atoms with van der Waals surface area (Å²) < 4.78 is 13.6. The topological polar surface area (TPSA) is 84.0 Å². The predicted molar refractivity (Wildman–Crippen MR) is 163 cm³/mol. The molecule has 0 N–H and O–H groups in total. The van der Waals surface area contributed by atoms with Gasteiger partial charge in [-0.05, 0) is 67.4 Å². The molecule has 4 heterocycles. The smallest absolute Gasteiger partial charge is 0.289 e. The van der Waals surface area contributed by atoms with Crippen molar-refractivity contribution in [3.05, 3.63) is 107 Å². The quantitative estimate of drug-likeness (QED) is 0.298. The summed E-state index contributed by atoms with van der Waals surface area (Å²) in [4.78, 5) is 32.0. The zero-order valence-corrected chi connectivity index (χ0v) is 24.9. The normalized spacial score (nSPS) is 16.4. The van der Waals surface area contributed by atoms with Crippen molar-refractivity contribution >= 4 is 11.8 Å². The van der Waals surface area contributed by atoms with Crippen molar-refractivity contribution in [3.8, 4) is 5.75 Å². The fourth-order valence-corrected chi connectivity index (χ4v) is 6.00. The van der Waals surface area contributed by atoms with Crippen LogP contribution in [-0.4, -0.2) is 81.7 Å². The van der Waals surface area contributed by atoms with Crippen molar-refractivity contribution in [1.29, 1.82) is 0 Å². The third-order valence-electron chi connectivity index (χ3n) is 8.34. The van der Waals surface area contributed by atoms with Crippen LogP contribution in [0.3, 0.4) is 0 Å². The van der Waals surface area contributed by atoms with Gasteiger partial charge >= 0.3 is 0 Å². The number of hydrogen-bond donors (Lipinski definition) is 0. The Labute approximate surface area is 252 Å². The largest absolute Gasteiger partial charge is 0.490 e. The van der Waals surface area contributed by atoms with Gasteiger partial charge in [0.25, 0.3) is 11.8 Å². The van der Waals surface area contributed by atoms with Crippen LogP contribution in [0.2, 0.25) is 0 Å². The van der Waals surface area contributed by atoms with E-state index in [1.807, 2.05) is 64.7 Å². The number of furan rings is 1. The molecule has 9 heteroatoms. The molecule has 43 heavy (non-hydrogen) atoms. The number of nitrogens with zero attached hydrogens (tertiary/aromatic N) is 5. The zero-order chi connectivity index (χ0) is 29.8. The summed E-state index contributed by atoms with van der Waals surface area (Å²) in [6.07, 6.45) is 3.21. The van der Waals surface area contributed by atoms with E-state index in [0.29, 0.717) is 38.5 Å². The van der Waals surface area contributed by atoms with E-state index in [0.717, 1.165) is 60.7 Å². The van der Waals surface area contributed by atoms with Gasteiger partial charge in [-0.3, -0.25) is 19.2 Å². The van der Waals surface area contributed by atoms with E-state index in [9.17, 15) is 9.59 Å². The standard InChI is InChI=1S/C34H39N5O4/c1-25-20-26(2)39(35-25)24-27-6-3-8-29(21-27)33(40)37-13-11-30(12-14-37)43-31-9-4-7-28(22-31)23-36-15-17-38(18-16-36)34(41)32-10-5-19-42-32/h3-10,19-22,30H,11-18,23-24H2,1-2H3. The van der Waals surface area contributed by atoms with Crippen molar-refractivity contribution < 1.29 is 18.7 Å². The molecule has 0 aliphatic carbocycles. The molecule has 9 nitrogen and oxygen atoms in total. The molecule has 0 bridgehead atoms. The molecule has 6 rings (SSSR count). The molecule has 2 saturated heterocycles. The van der Waals surface area contributed by atoms with Crippen molar-refractivity contribution in [2.45, 2.75) is 45.9 Å². The van der Waals surface area contributed by atoms with Gasteiger partial charge in [-0.1, -0.05) is 24.3 Å². The third kappa shape index (κ3) is 7.00. The summed E-state index contributed by atoms with van der Waals surface area (Å²) in [5, 5.41) is 4.55. The molecule has 0 radical (unpaired) electrons. The fraction of sp³-hybridized carbons (Fsp3) is 0.382. The van der Waals surface area contributed by atoms with Gasteiger partial charge in [0.05, 0.1) is 18.5 Å². The number of likely N-dealkylation sites (tertiary alicyclic amines) is 1. The Hall–Kier alpha value is -4.37. The van der Waals surface area contributed by atoms with E-state index < -0.39 is 0 Å². The molecular weight excluding hydrogens is 542 g/mol. The maximum absolute atomic E-state index is 13.3. The van der Waals surface area contributed by atoms with E-state index in [2.05, 4.69) is 28.2 Å². The summed E-state index contributed by atoms with van der Waals surface area (Å²) in [5.74, 6) is 1.29. The van der Waals surface area contributed by atoms with Gasteiger partial charge in [-0.15, -0.1) is 0 Å². The maximum atomic E-state index is 13.3. The lowest BCUT2D eigenvalue weighted by atomic mass is 10.0. The highest BCUT2D eigenvalue weighted by Gasteiger charge is 2.26. The van der Waals surface area contributed by atoms with Crippen LogP contribution in [-0.2, 0) is 13.1 Å². The fourth-order valence-electron chi connectivity index (χ4n) is 6.00. The van der Waals surface area contributed by atoms with Gasteiger partial charge in [0, 0.05) is 69.9 Å². The molecule has 4 aromatic rings. The molecule has 2 aromatic carbocycles. The monoisotopic (exact) mass is 581 g/mol. The van der Waals surface area contributed by atoms with Crippen LogP contribution in [0.15, 0.2) is 77.4 Å². The lowest BCUT2D eigenvalue weighted by Gasteiger charge is -2.34.